The highest BCUT2D eigenvalue weighted by atomic mass is 16.5. The van der Waals surface area contributed by atoms with E-state index in [9.17, 15) is 9.59 Å². The van der Waals surface area contributed by atoms with Crippen molar-refractivity contribution in [1.29, 1.82) is 0 Å². The number of carbonyl (C=O) groups excluding carboxylic acids is 2. The van der Waals surface area contributed by atoms with E-state index in [4.69, 9.17) is 9.47 Å². The van der Waals surface area contributed by atoms with E-state index in [-0.39, 0.29) is 11.9 Å². The Morgan fingerprint density at radius 2 is 1.69 bits per heavy atom. The van der Waals surface area contributed by atoms with Gasteiger partial charge in [0.25, 0.3) is 0 Å². The summed E-state index contributed by atoms with van der Waals surface area (Å²) in [6.07, 6.45) is 3.96. The van der Waals surface area contributed by atoms with Crippen molar-refractivity contribution in [1.82, 2.24) is 0 Å². The summed E-state index contributed by atoms with van der Waals surface area (Å²) in [5.74, 6) is 0.187. The third-order valence-electron chi connectivity index (χ3n) is 3.44. The minimum Gasteiger partial charge on any atom is -0.494 e. The molecule has 0 unspecified atom stereocenters. The number of amides is 1. The van der Waals surface area contributed by atoms with Crippen LogP contribution in [0.15, 0.2) is 54.6 Å². The van der Waals surface area contributed by atoms with E-state index >= 15 is 0 Å². The number of esters is 1. The Hall–Kier alpha value is -3.08. The van der Waals surface area contributed by atoms with Gasteiger partial charge in [0.1, 0.15) is 5.75 Å². The van der Waals surface area contributed by atoms with E-state index in [1.165, 1.54) is 6.08 Å². The van der Waals surface area contributed by atoms with Crippen molar-refractivity contribution in [2.24, 2.45) is 0 Å². The van der Waals surface area contributed by atoms with Gasteiger partial charge in [-0.15, -0.1) is 0 Å². The van der Waals surface area contributed by atoms with Crippen LogP contribution in [0, 0.1) is 0 Å². The molecule has 0 aromatic heterocycles. The molecule has 26 heavy (non-hydrogen) atoms. The van der Waals surface area contributed by atoms with Crippen molar-refractivity contribution >= 4 is 23.6 Å². The lowest BCUT2D eigenvalue weighted by molar-refractivity contribution is -0.111. The quantitative estimate of drug-likeness (QED) is 0.567. The summed E-state index contributed by atoms with van der Waals surface area (Å²) in [5.41, 5.74) is 1.97. The first-order valence-corrected chi connectivity index (χ1v) is 8.61. The Morgan fingerprint density at radius 1 is 1.00 bits per heavy atom. The number of hydrogen-bond donors (Lipinski definition) is 1. The van der Waals surface area contributed by atoms with E-state index in [1.54, 1.807) is 30.3 Å². The van der Waals surface area contributed by atoms with Gasteiger partial charge in [-0.25, -0.2) is 4.79 Å². The smallest absolute Gasteiger partial charge is 0.338 e. The van der Waals surface area contributed by atoms with Gasteiger partial charge < -0.3 is 14.8 Å². The molecule has 136 valence electrons. The number of benzene rings is 2. The Labute approximate surface area is 153 Å². The number of nitrogens with one attached hydrogen (secondary N) is 1. The Morgan fingerprint density at radius 3 is 2.31 bits per heavy atom. The summed E-state index contributed by atoms with van der Waals surface area (Å²) in [7, 11) is 0. The largest absolute Gasteiger partial charge is 0.494 e. The molecule has 2 aromatic carbocycles. The molecule has 0 bridgehead atoms. The highest BCUT2D eigenvalue weighted by molar-refractivity contribution is 6.02. The molecule has 0 aliphatic heterocycles. The van der Waals surface area contributed by atoms with E-state index < -0.39 is 0 Å². The van der Waals surface area contributed by atoms with Crippen LogP contribution in [0.3, 0.4) is 0 Å². The van der Waals surface area contributed by atoms with Gasteiger partial charge in [-0.3, -0.25) is 4.79 Å². The van der Waals surface area contributed by atoms with Gasteiger partial charge in [-0.05, 0) is 61.4 Å². The van der Waals surface area contributed by atoms with Gasteiger partial charge in [0, 0.05) is 11.8 Å². The normalized spacial score (nSPS) is 10.5. The average molecular weight is 353 g/mol. The maximum absolute atomic E-state index is 12.0. The van der Waals surface area contributed by atoms with Gasteiger partial charge in [0.15, 0.2) is 0 Å². The Balaban J connectivity index is 1.89. The van der Waals surface area contributed by atoms with Crippen molar-refractivity contribution in [3.63, 3.8) is 0 Å². The van der Waals surface area contributed by atoms with E-state index in [1.807, 2.05) is 38.1 Å². The number of carbonyl (C=O) groups is 2. The lowest BCUT2D eigenvalue weighted by atomic mass is 10.2. The zero-order chi connectivity index (χ0) is 18.8. The van der Waals surface area contributed by atoms with Crippen LogP contribution in [-0.2, 0) is 9.53 Å². The molecule has 5 nitrogen and oxygen atoms in total. The maximum atomic E-state index is 12.0. The molecule has 0 saturated heterocycles. The fourth-order valence-corrected chi connectivity index (χ4v) is 2.17. The zero-order valence-corrected chi connectivity index (χ0v) is 15.0. The summed E-state index contributed by atoms with van der Waals surface area (Å²) in [4.78, 5) is 23.7. The van der Waals surface area contributed by atoms with Crippen LogP contribution < -0.4 is 10.1 Å². The molecule has 2 aromatic rings. The molecule has 0 aliphatic carbocycles. The van der Waals surface area contributed by atoms with Gasteiger partial charge in [0.2, 0.25) is 5.91 Å². The number of ether oxygens (including phenoxy) is 2. The third-order valence-corrected chi connectivity index (χ3v) is 3.44. The fourth-order valence-electron chi connectivity index (χ4n) is 2.17. The predicted molar refractivity (Wildman–Crippen MR) is 102 cm³/mol. The Bertz CT molecular complexity index is 749. The highest BCUT2D eigenvalue weighted by Gasteiger charge is 2.06. The molecule has 0 saturated carbocycles. The van der Waals surface area contributed by atoms with Crippen LogP contribution in [0.25, 0.3) is 6.08 Å². The number of anilines is 1. The van der Waals surface area contributed by atoms with Crippen LogP contribution >= 0.6 is 0 Å². The summed E-state index contributed by atoms with van der Waals surface area (Å²) < 4.78 is 10.4. The molecule has 0 spiro atoms. The Kier molecular flexibility index (Phi) is 7.43. The first-order valence-electron chi connectivity index (χ1n) is 8.61. The van der Waals surface area contributed by atoms with Crippen molar-refractivity contribution in [2.45, 2.75) is 20.3 Å². The summed E-state index contributed by atoms with van der Waals surface area (Å²) in [6.45, 7) is 4.88. The van der Waals surface area contributed by atoms with Crippen molar-refractivity contribution in [2.75, 3.05) is 18.5 Å². The van der Waals surface area contributed by atoms with Crippen molar-refractivity contribution in [3.05, 3.63) is 65.7 Å². The molecular weight excluding hydrogens is 330 g/mol. The van der Waals surface area contributed by atoms with E-state index in [0.29, 0.717) is 24.5 Å². The topological polar surface area (TPSA) is 64.6 Å². The van der Waals surface area contributed by atoms with Crippen molar-refractivity contribution in [3.8, 4) is 5.75 Å². The third kappa shape index (κ3) is 6.09. The van der Waals surface area contributed by atoms with Crippen LogP contribution in [0.5, 0.6) is 5.75 Å². The molecule has 5 heteroatoms. The molecule has 0 heterocycles. The second kappa shape index (κ2) is 10.0. The molecule has 0 radical (unpaired) electrons. The molecule has 1 N–H and O–H groups in total. The number of hydrogen-bond acceptors (Lipinski definition) is 4. The van der Waals surface area contributed by atoms with Crippen LogP contribution in [0.4, 0.5) is 5.69 Å². The van der Waals surface area contributed by atoms with Gasteiger partial charge in [-0.2, -0.15) is 0 Å². The van der Waals surface area contributed by atoms with Gasteiger partial charge in [0.05, 0.1) is 18.8 Å². The first-order chi connectivity index (χ1) is 12.6. The first kappa shape index (κ1) is 19.2. The van der Waals surface area contributed by atoms with Crippen molar-refractivity contribution < 1.29 is 19.1 Å². The monoisotopic (exact) mass is 353 g/mol. The summed E-state index contributed by atoms with van der Waals surface area (Å²) >= 11 is 0. The van der Waals surface area contributed by atoms with E-state index in [0.717, 1.165) is 17.7 Å². The molecule has 0 atom stereocenters. The van der Waals surface area contributed by atoms with Crippen LogP contribution in [0.1, 0.15) is 36.2 Å². The molecule has 1 amide bonds. The molecule has 0 fully saturated rings. The molecule has 2 rings (SSSR count). The minimum absolute atomic E-state index is 0.250. The SMILES string of the molecule is CCCOC(=O)c1ccc(NC(=O)/C=C/c2ccc(OCC)cc2)cc1. The van der Waals surface area contributed by atoms with E-state index in [2.05, 4.69) is 5.32 Å². The standard InChI is InChI=1S/C21H23NO4/c1-3-15-26-21(24)17-8-10-18(11-9-17)22-20(23)14-7-16-5-12-19(13-6-16)25-4-2/h5-14H,3-4,15H2,1-2H3,(H,22,23)/b14-7+. The molecular formula is C21H23NO4. The minimum atomic E-state index is -0.361. The molecule has 0 aliphatic rings. The zero-order valence-electron chi connectivity index (χ0n) is 15.0. The average Bonchev–Trinajstić information content (AvgIpc) is 2.66. The van der Waals surface area contributed by atoms with Crippen LogP contribution in [-0.4, -0.2) is 25.1 Å². The lowest BCUT2D eigenvalue weighted by Crippen LogP contribution is -2.09. The summed E-state index contributed by atoms with van der Waals surface area (Å²) in [6, 6.07) is 14.1. The highest BCUT2D eigenvalue weighted by Crippen LogP contribution is 2.14. The van der Waals surface area contributed by atoms with Gasteiger partial charge >= 0.3 is 5.97 Å². The predicted octanol–water partition coefficient (Wildman–Crippen LogP) is 4.30. The second-order valence-electron chi connectivity index (χ2n) is 5.54. The number of rotatable bonds is 8. The van der Waals surface area contributed by atoms with Crippen LogP contribution in [0.2, 0.25) is 0 Å². The maximum Gasteiger partial charge on any atom is 0.338 e. The summed E-state index contributed by atoms with van der Waals surface area (Å²) in [5, 5.41) is 2.75. The van der Waals surface area contributed by atoms with Gasteiger partial charge in [-0.1, -0.05) is 19.1 Å². The fraction of sp³-hybridized carbons (Fsp3) is 0.238. The lowest BCUT2D eigenvalue weighted by Gasteiger charge is -2.05. The second-order valence-corrected chi connectivity index (χ2v) is 5.54.